The van der Waals surface area contributed by atoms with Crippen LogP contribution < -0.4 is 5.32 Å². The molecule has 1 aliphatic rings. The van der Waals surface area contributed by atoms with Gasteiger partial charge in [-0.05, 0) is 44.5 Å². The fraction of sp³-hybridized carbons (Fsp3) is 0.625. The van der Waals surface area contributed by atoms with Crippen LogP contribution in [0.15, 0.2) is 29.2 Å². The van der Waals surface area contributed by atoms with Gasteiger partial charge in [0.1, 0.15) is 0 Å². The summed E-state index contributed by atoms with van der Waals surface area (Å²) in [6, 6.07) is 7.63. The summed E-state index contributed by atoms with van der Waals surface area (Å²) < 4.78 is 24.4. The van der Waals surface area contributed by atoms with Crippen LogP contribution in [0.1, 0.15) is 33.1 Å². The van der Waals surface area contributed by atoms with Crippen molar-refractivity contribution in [3.05, 3.63) is 24.3 Å². The summed E-state index contributed by atoms with van der Waals surface area (Å²) in [4.78, 5) is 2.89. The Morgan fingerprint density at radius 2 is 1.95 bits per heavy atom. The molecule has 1 heterocycles. The lowest BCUT2D eigenvalue weighted by atomic mass is 10.1. The summed E-state index contributed by atoms with van der Waals surface area (Å²) in [6.45, 7) is 7.20. The van der Waals surface area contributed by atoms with Crippen molar-refractivity contribution in [2.24, 2.45) is 0 Å². The Bertz CT molecular complexity index is 557. The highest BCUT2D eigenvalue weighted by molar-refractivity contribution is 7.91. The van der Waals surface area contributed by atoms with Crippen molar-refractivity contribution < 1.29 is 8.42 Å². The first-order valence-electron chi connectivity index (χ1n) is 7.87. The van der Waals surface area contributed by atoms with E-state index in [9.17, 15) is 8.42 Å². The Hall–Kier alpha value is -1.07. The van der Waals surface area contributed by atoms with E-state index in [0.717, 1.165) is 44.6 Å². The smallest absolute Gasteiger partial charge is 0.180 e. The highest BCUT2D eigenvalue weighted by Gasteiger charge is 2.20. The zero-order chi connectivity index (χ0) is 15.3. The van der Waals surface area contributed by atoms with Gasteiger partial charge in [-0.3, -0.25) is 0 Å². The minimum atomic E-state index is -3.18. The molecule has 2 rings (SSSR count). The van der Waals surface area contributed by atoms with E-state index in [4.69, 9.17) is 0 Å². The quantitative estimate of drug-likeness (QED) is 0.908. The van der Waals surface area contributed by atoms with E-state index in [2.05, 4.69) is 17.1 Å². The summed E-state index contributed by atoms with van der Waals surface area (Å²) >= 11 is 0. The van der Waals surface area contributed by atoms with Gasteiger partial charge in [0.25, 0.3) is 0 Å². The lowest BCUT2D eigenvalue weighted by Crippen LogP contribution is -2.26. The number of nitrogens with zero attached hydrogens (tertiary/aromatic N) is 1. The zero-order valence-corrected chi connectivity index (χ0v) is 13.8. The maximum atomic E-state index is 12.2. The molecule has 0 bridgehead atoms. The lowest BCUT2D eigenvalue weighted by Gasteiger charge is -2.20. The van der Waals surface area contributed by atoms with Gasteiger partial charge in [0.2, 0.25) is 0 Å². The Kier molecular flexibility index (Phi) is 5.65. The third-order valence-corrected chi connectivity index (χ3v) is 6.02. The number of para-hydroxylation sites is 1. The molecule has 1 aliphatic heterocycles. The Labute approximate surface area is 128 Å². The fourth-order valence-electron chi connectivity index (χ4n) is 2.85. The van der Waals surface area contributed by atoms with E-state index in [1.165, 1.54) is 0 Å². The number of likely N-dealkylation sites (tertiary alicyclic amines) is 1. The molecule has 1 aromatic rings. The predicted molar refractivity (Wildman–Crippen MR) is 87.5 cm³/mol. The first kappa shape index (κ1) is 16.3. The van der Waals surface area contributed by atoms with Gasteiger partial charge in [-0.15, -0.1) is 0 Å². The third-order valence-electron chi connectivity index (χ3n) is 4.23. The molecular weight excluding hydrogens is 284 g/mol. The highest BCUT2D eigenvalue weighted by Crippen LogP contribution is 2.25. The van der Waals surface area contributed by atoms with Gasteiger partial charge < -0.3 is 10.2 Å². The van der Waals surface area contributed by atoms with E-state index in [0.29, 0.717) is 10.9 Å². The maximum absolute atomic E-state index is 12.2. The number of benzene rings is 1. The average Bonchev–Trinajstić information content (AvgIpc) is 2.73. The summed E-state index contributed by atoms with van der Waals surface area (Å²) in [6.07, 6.45) is 3.32. The second-order valence-corrected chi connectivity index (χ2v) is 7.85. The van der Waals surface area contributed by atoms with Crippen molar-refractivity contribution in [1.82, 2.24) is 4.90 Å². The van der Waals surface area contributed by atoms with Crippen LogP contribution >= 0.6 is 0 Å². The molecule has 0 spiro atoms. The van der Waals surface area contributed by atoms with Crippen molar-refractivity contribution >= 4 is 15.5 Å². The van der Waals surface area contributed by atoms with Crippen molar-refractivity contribution in [3.8, 4) is 0 Å². The second kappa shape index (κ2) is 7.27. The summed E-state index contributed by atoms with van der Waals surface area (Å²) in [5, 5.41) is 3.47. The van der Waals surface area contributed by atoms with Crippen LogP contribution in [0.3, 0.4) is 0 Å². The molecule has 21 heavy (non-hydrogen) atoms. The maximum Gasteiger partial charge on any atom is 0.180 e. The lowest BCUT2D eigenvalue weighted by molar-refractivity contribution is 0.300. The Morgan fingerprint density at radius 3 is 2.67 bits per heavy atom. The largest absolute Gasteiger partial charge is 0.381 e. The first-order chi connectivity index (χ1) is 10.1. The molecule has 1 unspecified atom stereocenters. The van der Waals surface area contributed by atoms with Gasteiger partial charge in [0.15, 0.2) is 9.84 Å². The molecular formula is C16H26N2O2S. The molecule has 0 amide bonds. The topological polar surface area (TPSA) is 49.4 Å². The molecule has 5 heteroatoms. The molecule has 0 saturated carbocycles. The second-order valence-electron chi connectivity index (χ2n) is 5.61. The van der Waals surface area contributed by atoms with Crippen LogP contribution in [0.4, 0.5) is 5.69 Å². The number of nitrogens with one attached hydrogen (secondary N) is 1. The van der Waals surface area contributed by atoms with Crippen molar-refractivity contribution in [3.63, 3.8) is 0 Å². The van der Waals surface area contributed by atoms with E-state index < -0.39 is 9.84 Å². The number of rotatable bonds is 5. The highest BCUT2D eigenvalue weighted by atomic mass is 32.2. The van der Waals surface area contributed by atoms with Crippen molar-refractivity contribution in [2.75, 3.05) is 30.7 Å². The van der Waals surface area contributed by atoms with Gasteiger partial charge >= 0.3 is 0 Å². The van der Waals surface area contributed by atoms with Gasteiger partial charge in [-0.2, -0.15) is 0 Å². The normalized spacial score (nSPS) is 21.0. The van der Waals surface area contributed by atoms with E-state index in [-0.39, 0.29) is 5.75 Å². The molecule has 1 saturated heterocycles. The average molecular weight is 310 g/mol. The number of sulfone groups is 1. The first-order valence-corrected chi connectivity index (χ1v) is 9.52. The van der Waals surface area contributed by atoms with Gasteiger partial charge in [-0.25, -0.2) is 8.42 Å². The molecule has 1 aromatic carbocycles. The van der Waals surface area contributed by atoms with E-state index in [1.54, 1.807) is 19.1 Å². The van der Waals surface area contributed by atoms with Gasteiger partial charge in [0.05, 0.1) is 16.3 Å². The van der Waals surface area contributed by atoms with Crippen LogP contribution in [-0.2, 0) is 9.84 Å². The van der Waals surface area contributed by atoms with Crippen molar-refractivity contribution in [2.45, 2.75) is 44.0 Å². The Balaban J connectivity index is 2.13. The molecule has 1 atom stereocenters. The molecule has 118 valence electrons. The molecule has 4 nitrogen and oxygen atoms in total. The van der Waals surface area contributed by atoms with Crippen LogP contribution in [0.5, 0.6) is 0 Å². The summed E-state index contributed by atoms with van der Waals surface area (Å²) in [5.41, 5.74) is 0.759. The minimum Gasteiger partial charge on any atom is -0.381 e. The summed E-state index contributed by atoms with van der Waals surface area (Å²) in [7, 11) is -3.18. The molecule has 0 aliphatic carbocycles. The number of anilines is 1. The van der Waals surface area contributed by atoms with Crippen LogP contribution in [0, 0.1) is 0 Å². The Morgan fingerprint density at radius 1 is 1.19 bits per heavy atom. The predicted octanol–water partition coefficient (Wildman–Crippen LogP) is 2.77. The number of hydrogen-bond acceptors (Lipinski definition) is 4. The van der Waals surface area contributed by atoms with Gasteiger partial charge in [0, 0.05) is 12.6 Å². The van der Waals surface area contributed by atoms with Crippen LogP contribution in [-0.4, -0.2) is 44.7 Å². The fourth-order valence-corrected chi connectivity index (χ4v) is 3.91. The zero-order valence-electron chi connectivity index (χ0n) is 13.0. The van der Waals surface area contributed by atoms with Gasteiger partial charge in [-0.1, -0.05) is 26.0 Å². The van der Waals surface area contributed by atoms with Crippen LogP contribution in [0.2, 0.25) is 0 Å². The van der Waals surface area contributed by atoms with E-state index in [1.807, 2.05) is 12.1 Å². The standard InChI is InChI=1S/C16H26N2O2S/c1-3-18-12-7-8-14(11-13-18)17-15-9-5-6-10-16(15)21(19,20)4-2/h5-6,9-10,14,17H,3-4,7-8,11-13H2,1-2H3. The number of hydrogen-bond donors (Lipinski definition) is 1. The molecule has 1 N–H and O–H groups in total. The monoisotopic (exact) mass is 310 g/mol. The van der Waals surface area contributed by atoms with Crippen LogP contribution in [0.25, 0.3) is 0 Å². The summed E-state index contributed by atoms with van der Waals surface area (Å²) in [5.74, 6) is 0.139. The van der Waals surface area contributed by atoms with Crippen molar-refractivity contribution in [1.29, 1.82) is 0 Å². The molecule has 1 fully saturated rings. The molecule has 0 aromatic heterocycles. The SMILES string of the molecule is CCN1CCCC(Nc2ccccc2S(=O)(=O)CC)CC1. The minimum absolute atomic E-state index is 0.139. The molecule has 0 radical (unpaired) electrons. The third kappa shape index (κ3) is 4.20. The van der Waals surface area contributed by atoms with E-state index >= 15 is 0 Å².